The Morgan fingerprint density at radius 1 is 1.18 bits per heavy atom. The second-order valence-corrected chi connectivity index (χ2v) is 8.01. The molecule has 0 radical (unpaired) electrons. The number of aryl methyl sites for hydroxylation is 1. The van der Waals surface area contributed by atoms with Crippen molar-refractivity contribution in [3.05, 3.63) is 70.6 Å². The number of benzene rings is 1. The Bertz CT molecular complexity index is 1210. The summed E-state index contributed by atoms with van der Waals surface area (Å²) in [5, 5.41) is 15.5. The number of anilines is 2. The summed E-state index contributed by atoms with van der Waals surface area (Å²) >= 11 is 1.49. The van der Waals surface area contributed by atoms with Crippen molar-refractivity contribution in [3.63, 3.8) is 0 Å². The van der Waals surface area contributed by atoms with Gasteiger partial charge in [-0.1, -0.05) is 12.1 Å². The predicted octanol–water partition coefficient (Wildman–Crippen LogP) is 2.85. The number of carbonyl (C=O) groups excluding carboxylic acids is 1. The average Bonchev–Trinajstić information content (AvgIpc) is 3.48. The third-order valence-electron chi connectivity index (χ3n) is 4.96. The summed E-state index contributed by atoms with van der Waals surface area (Å²) in [6, 6.07) is 9.08. The molecule has 4 aromatic rings. The summed E-state index contributed by atoms with van der Waals surface area (Å²) < 4.78 is 14.9. The SMILES string of the molecule is CNc1nccc(-c2cc(NC(=O)[C@H](Cc3ccc(F)cc3)NCc3cscn3)n(C)n2)n1. The lowest BCUT2D eigenvalue weighted by Gasteiger charge is -2.18. The van der Waals surface area contributed by atoms with Crippen molar-refractivity contribution in [2.24, 2.45) is 7.05 Å². The van der Waals surface area contributed by atoms with Crippen LogP contribution in [0.2, 0.25) is 0 Å². The molecule has 0 fully saturated rings. The van der Waals surface area contributed by atoms with Crippen LogP contribution >= 0.6 is 11.3 Å². The fourth-order valence-electron chi connectivity index (χ4n) is 3.21. The molecule has 0 saturated heterocycles. The van der Waals surface area contributed by atoms with E-state index in [0.29, 0.717) is 36.1 Å². The molecule has 3 N–H and O–H groups in total. The van der Waals surface area contributed by atoms with Crippen LogP contribution in [0.5, 0.6) is 0 Å². The zero-order valence-electron chi connectivity index (χ0n) is 18.1. The average molecular weight is 467 g/mol. The number of amides is 1. The number of hydrogen-bond donors (Lipinski definition) is 3. The van der Waals surface area contributed by atoms with Gasteiger partial charge in [0, 0.05) is 38.3 Å². The van der Waals surface area contributed by atoms with Crippen molar-refractivity contribution in [2.45, 2.75) is 19.0 Å². The van der Waals surface area contributed by atoms with Crippen molar-refractivity contribution in [1.29, 1.82) is 0 Å². The highest BCUT2D eigenvalue weighted by atomic mass is 32.1. The highest BCUT2D eigenvalue weighted by Crippen LogP contribution is 2.20. The van der Waals surface area contributed by atoms with E-state index in [1.165, 1.54) is 23.5 Å². The number of thiazole rings is 1. The van der Waals surface area contributed by atoms with Gasteiger partial charge in [0.2, 0.25) is 11.9 Å². The molecular formula is C22H23FN8OS. The quantitative estimate of drug-likeness (QED) is 0.348. The zero-order valence-corrected chi connectivity index (χ0v) is 18.9. The van der Waals surface area contributed by atoms with E-state index in [1.807, 2.05) is 5.38 Å². The summed E-state index contributed by atoms with van der Waals surface area (Å²) in [7, 11) is 3.49. The van der Waals surface area contributed by atoms with Gasteiger partial charge in [-0.25, -0.2) is 19.3 Å². The maximum atomic E-state index is 13.3. The number of nitrogens with zero attached hydrogens (tertiary/aromatic N) is 5. The zero-order chi connectivity index (χ0) is 23.2. The fourth-order valence-corrected chi connectivity index (χ4v) is 3.77. The van der Waals surface area contributed by atoms with Crippen LogP contribution in [0.15, 0.2) is 53.5 Å². The van der Waals surface area contributed by atoms with Gasteiger partial charge >= 0.3 is 0 Å². The molecule has 0 spiro atoms. The van der Waals surface area contributed by atoms with E-state index in [4.69, 9.17) is 0 Å². The molecule has 33 heavy (non-hydrogen) atoms. The molecule has 0 unspecified atom stereocenters. The van der Waals surface area contributed by atoms with Gasteiger partial charge in [-0.2, -0.15) is 5.10 Å². The molecule has 170 valence electrons. The minimum absolute atomic E-state index is 0.234. The van der Waals surface area contributed by atoms with Gasteiger partial charge < -0.3 is 10.6 Å². The van der Waals surface area contributed by atoms with E-state index >= 15 is 0 Å². The van der Waals surface area contributed by atoms with E-state index in [-0.39, 0.29) is 11.7 Å². The standard InChI is InChI=1S/C22H23FN8OS/c1-24-22-25-8-7-17(28-22)18-10-20(31(2)30-18)29-21(32)19(26-11-16-12-33-13-27-16)9-14-3-5-15(23)6-4-14/h3-8,10,12-13,19,26H,9,11H2,1-2H3,(H,29,32)(H,24,25,28)/t19-/m0/s1. The van der Waals surface area contributed by atoms with Crippen molar-refractivity contribution in [2.75, 3.05) is 17.7 Å². The lowest BCUT2D eigenvalue weighted by molar-refractivity contribution is -0.118. The Hall–Kier alpha value is -3.70. The van der Waals surface area contributed by atoms with Crippen LogP contribution in [0.3, 0.4) is 0 Å². The summed E-state index contributed by atoms with van der Waals surface area (Å²) in [6.45, 7) is 0.438. The lowest BCUT2D eigenvalue weighted by atomic mass is 10.0. The second kappa shape index (κ2) is 10.3. The molecule has 3 heterocycles. The normalized spacial score (nSPS) is 11.8. The summed E-state index contributed by atoms with van der Waals surface area (Å²) in [4.78, 5) is 26.0. The molecule has 0 bridgehead atoms. The van der Waals surface area contributed by atoms with E-state index in [0.717, 1.165) is 11.3 Å². The molecule has 0 aliphatic heterocycles. The van der Waals surface area contributed by atoms with Crippen molar-refractivity contribution >= 4 is 29.0 Å². The summed E-state index contributed by atoms with van der Waals surface area (Å²) in [6.07, 6.45) is 2.03. The van der Waals surface area contributed by atoms with Crippen LogP contribution in [-0.4, -0.2) is 43.7 Å². The van der Waals surface area contributed by atoms with E-state index in [9.17, 15) is 9.18 Å². The molecule has 3 aromatic heterocycles. The van der Waals surface area contributed by atoms with Gasteiger partial charge in [0.1, 0.15) is 17.3 Å². The van der Waals surface area contributed by atoms with Gasteiger partial charge in [0.05, 0.1) is 22.9 Å². The monoisotopic (exact) mass is 466 g/mol. The van der Waals surface area contributed by atoms with Gasteiger partial charge in [0.15, 0.2) is 0 Å². The third-order valence-corrected chi connectivity index (χ3v) is 5.59. The van der Waals surface area contributed by atoms with Crippen LogP contribution in [0.1, 0.15) is 11.3 Å². The predicted molar refractivity (Wildman–Crippen MR) is 125 cm³/mol. The maximum Gasteiger partial charge on any atom is 0.243 e. The molecule has 9 nitrogen and oxygen atoms in total. The first-order valence-corrected chi connectivity index (χ1v) is 11.2. The topological polar surface area (TPSA) is 110 Å². The Morgan fingerprint density at radius 3 is 2.73 bits per heavy atom. The van der Waals surface area contributed by atoms with Crippen molar-refractivity contribution < 1.29 is 9.18 Å². The van der Waals surface area contributed by atoms with Crippen molar-refractivity contribution in [1.82, 2.24) is 30.0 Å². The molecule has 1 amide bonds. The van der Waals surface area contributed by atoms with Gasteiger partial charge in [-0.05, 0) is 30.2 Å². The smallest absolute Gasteiger partial charge is 0.243 e. The highest BCUT2D eigenvalue weighted by Gasteiger charge is 2.21. The molecule has 1 aromatic carbocycles. The largest absolute Gasteiger partial charge is 0.357 e. The van der Waals surface area contributed by atoms with Gasteiger partial charge in [-0.15, -0.1) is 11.3 Å². The van der Waals surface area contributed by atoms with Gasteiger partial charge in [-0.3, -0.25) is 14.8 Å². The van der Waals surface area contributed by atoms with Gasteiger partial charge in [0.25, 0.3) is 0 Å². The Labute approximate surface area is 194 Å². The molecule has 0 saturated carbocycles. The molecular weight excluding hydrogens is 443 g/mol. The third kappa shape index (κ3) is 5.76. The van der Waals surface area contributed by atoms with Crippen LogP contribution < -0.4 is 16.0 Å². The number of rotatable bonds is 9. The molecule has 0 aliphatic carbocycles. The number of nitrogens with one attached hydrogen (secondary N) is 3. The first-order valence-electron chi connectivity index (χ1n) is 10.2. The fraction of sp³-hybridized carbons (Fsp3) is 0.227. The highest BCUT2D eigenvalue weighted by molar-refractivity contribution is 7.07. The Balaban J connectivity index is 1.51. The summed E-state index contributed by atoms with van der Waals surface area (Å²) in [5.74, 6) is 0.458. The molecule has 1 atom stereocenters. The molecule has 0 aliphatic rings. The van der Waals surface area contributed by atoms with Crippen molar-refractivity contribution in [3.8, 4) is 11.4 Å². The number of halogens is 1. The van der Waals surface area contributed by atoms with E-state index < -0.39 is 6.04 Å². The lowest BCUT2D eigenvalue weighted by Crippen LogP contribution is -2.42. The van der Waals surface area contributed by atoms with Crippen LogP contribution in [-0.2, 0) is 24.8 Å². The minimum Gasteiger partial charge on any atom is -0.357 e. The number of hydrogen-bond acceptors (Lipinski definition) is 8. The number of aromatic nitrogens is 5. The van der Waals surface area contributed by atoms with E-state index in [2.05, 4.69) is 36.0 Å². The van der Waals surface area contributed by atoms with Crippen LogP contribution in [0.4, 0.5) is 16.2 Å². The van der Waals surface area contributed by atoms with E-state index in [1.54, 1.807) is 54.7 Å². The second-order valence-electron chi connectivity index (χ2n) is 7.29. The molecule has 4 rings (SSSR count). The Kier molecular flexibility index (Phi) is 7.01. The summed E-state index contributed by atoms with van der Waals surface area (Å²) in [5.41, 5.74) is 4.68. The van der Waals surface area contributed by atoms with Crippen LogP contribution in [0.25, 0.3) is 11.4 Å². The maximum absolute atomic E-state index is 13.3. The number of carbonyl (C=O) groups is 1. The molecule has 11 heteroatoms. The first kappa shape index (κ1) is 22.5. The minimum atomic E-state index is -0.564. The first-order chi connectivity index (χ1) is 16.0. The Morgan fingerprint density at radius 2 is 2.00 bits per heavy atom. The van der Waals surface area contributed by atoms with Crippen LogP contribution in [0, 0.1) is 5.82 Å².